The molecule has 5 nitrogen and oxygen atoms in total. The Morgan fingerprint density at radius 1 is 1.33 bits per heavy atom. The molecule has 0 bridgehead atoms. The van der Waals surface area contributed by atoms with Gasteiger partial charge in [0.15, 0.2) is 0 Å². The average molecular weight is 294 g/mol. The maximum Gasteiger partial charge on any atom is 0.319 e. The summed E-state index contributed by atoms with van der Waals surface area (Å²) in [6, 6.07) is 2.26. The van der Waals surface area contributed by atoms with Crippen LogP contribution in [0.15, 0.2) is 18.2 Å². The minimum Gasteiger partial charge on any atom is -0.334 e. The fourth-order valence-corrected chi connectivity index (χ4v) is 2.00. The van der Waals surface area contributed by atoms with Crippen molar-refractivity contribution in [2.24, 2.45) is 7.05 Å². The Kier molecular flexibility index (Phi) is 4.21. The first kappa shape index (κ1) is 15.0. The summed E-state index contributed by atoms with van der Waals surface area (Å²) in [5, 5.41) is 9.10. The van der Waals surface area contributed by atoms with Crippen LogP contribution in [0.1, 0.15) is 17.0 Å². The van der Waals surface area contributed by atoms with Gasteiger partial charge in [0.05, 0.1) is 11.4 Å². The van der Waals surface area contributed by atoms with E-state index < -0.39 is 17.7 Å². The molecule has 1 aromatic heterocycles. The molecule has 2 N–H and O–H groups in total. The lowest BCUT2D eigenvalue weighted by atomic mass is 10.2. The van der Waals surface area contributed by atoms with Crippen molar-refractivity contribution in [2.75, 3.05) is 5.32 Å². The lowest BCUT2D eigenvalue weighted by Crippen LogP contribution is -2.29. The number of hydrogen-bond acceptors (Lipinski definition) is 2. The molecule has 2 amide bonds. The number of nitrogens with zero attached hydrogens (tertiary/aromatic N) is 2. The molecule has 0 unspecified atom stereocenters. The SMILES string of the molecule is Cc1nn(C)c(C)c1CNC(=O)Nc1cc(F)ccc1F. The number of amides is 2. The molecule has 0 saturated heterocycles. The Balaban J connectivity index is 2.01. The topological polar surface area (TPSA) is 59.0 Å². The highest BCUT2D eigenvalue weighted by molar-refractivity contribution is 5.89. The number of aryl methyl sites for hydroxylation is 2. The Morgan fingerprint density at radius 2 is 2.05 bits per heavy atom. The highest BCUT2D eigenvalue weighted by Crippen LogP contribution is 2.15. The van der Waals surface area contributed by atoms with Crippen LogP contribution in [-0.2, 0) is 13.6 Å². The van der Waals surface area contributed by atoms with Gasteiger partial charge in [0.1, 0.15) is 11.6 Å². The fraction of sp³-hybridized carbons (Fsp3) is 0.286. The van der Waals surface area contributed by atoms with Gasteiger partial charge in [0.25, 0.3) is 0 Å². The molecule has 0 radical (unpaired) electrons. The maximum absolute atomic E-state index is 13.4. The normalized spacial score (nSPS) is 10.5. The number of carbonyl (C=O) groups is 1. The molecule has 1 heterocycles. The maximum atomic E-state index is 13.4. The van der Waals surface area contributed by atoms with Gasteiger partial charge in [-0.25, -0.2) is 13.6 Å². The van der Waals surface area contributed by atoms with E-state index in [9.17, 15) is 13.6 Å². The lowest BCUT2D eigenvalue weighted by Gasteiger charge is -2.09. The van der Waals surface area contributed by atoms with Crippen LogP contribution in [-0.4, -0.2) is 15.8 Å². The third-order valence-corrected chi connectivity index (χ3v) is 3.26. The minimum atomic E-state index is -0.694. The third-order valence-electron chi connectivity index (χ3n) is 3.26. The second-order valence-electron chi connectivity index (χ2n) is 4.70. The van der Waals surface area contributed by atoms with Crippen LogP contribution in [0.25, 0.3) is 0 Å². The molecule has 0 fully saturated rings. The Labute approximate surface area is 121 Å². The Bertz CT molecular complexity index is 682. The summed E-state index contributed by atoms with van der Waals surface area (Å²) in [5.74, 6) is -1.31. The zero-order chi connectivity index (χ0) is 15.6. The second-order valence-corrected chi connectivity index (χ2v) is 4.70. The lowest BCUT2D eigenvalue weighted by molar-refractivity contribution is 0.251. The molecule has 21 heavy (non-hydrogen) atoms. The van der Waals surface area contributed by atoms with Crippen molar-refractivity contribution < 1.29 is 13.6 Å². The largest absolute Gasteiger partial charge is 0.334 e. The van der Waals surface area contributed by atoms with Gasteiger partial charge in [-0.3, -0.25) is 4.68 Å². The van der Waals surface area contributed by atoms with E-state index in [2.05, 4.69) is 15.7 Å². The third kappa shape index (κ3) is 3.36. The quantitative estimate of drug-likeness (QED) is 0.914. The van der Waals surface area contributed by atoms with Gasteiger partial charge in [-0.15, -0.1) is 0 Å². The monoisotopic (exact) mass is 294 g/mol. The summed E-state index contributed by atoms with van der Waals surface area (Å²) in [4.78, 5) is 11.7. The molecule has 0 saturated carbocycles. The van der Waals surface area contributed by atoms with Crippen LogP contribution in [0.3, 0.4) is 0 Å². The van der Waals surface area contributed by atoms with Crippen molar-refractivity contribution >= 4 is 11.7 Å². The number of anilines is 1. The first-order chi connectivity index (χ1) is 9.88. The van der Waals surface area contributed by atoms with E-state index >= 15 is 0 Å². The molecule has 1 aromatic carbocycles. The fourth-order valence-electron chi connectivity index (χ4n) is 2.00. The van der Waals surface area contributed by atoms with Crippen LogP contribution in [0.5, 0.6) is 0 Å². The molecule has 0 aliphatic rings. The van der Waals surface area contributed by atoms with Gasteiger partial charge >= 0.3 is 6.03 Å². The first-order valence-corrected chi connectivity index (χ1v) is 6.37. The molecule has 0 spiro atoms. The number of aromatic nitrogens is 2. The molecule has 112 valence electrons. The number of halogens is 2. The van der Waals surface area contributed by atoms with Gasteiger partial charge in [-0.2, -0.15) is 5.10 Å². The standard InChI is InChI=1S/C14H16F2N4O/c1-8-11(9(2)20(3)19-8)7-17-14(21)18-13-6-10(15)4-5-12(13)16/h4-6H,7H2,1-3H3,(H2,17,18,21). The van der Waals surface area contributed by atoms with Gasteiger partial charge in [0.2, 0.25) is 0 Å². The van der Waals surface area contributed by atoms with E-state index in [-0.39, 0.29) is 12.2 Å². The summed E-state index contributed by atoms with van der Waals surface area (Å²) < 4.78 is 28.1. The Hall–Kier alpha value is -2.44. The smallest absolute Gasteiger partial charge is 0.319 e. The molecule has 2 rings (SSSR count). The van der Waals surface area contributed by atoms with Crippen LogP contribution < -0.4 is 10.6 Å². The van der Waals surface area contributed by atoms with Crippen molar-refractivity contribution in [1.82, 2.24) is 15.1 Å². The van der Waals surface area contributed by atoms with Crippen molar-refractivity contribution in [2.45, 2.75) is 20.4 Å². The van der Waals surface area contributed by atoms with Gasteiger partial charge in [-0.05, 0) is 26.0 Å². The molecule has 0 atom stereocenters. The van der Waals surface area contributed by atoms with E-state index in [4.69, 9.17) is 0 Å². The van der Waals surface area contributed by atoms with E-state index in [1.165, 1.54) is 0 Å². The summed E-state index contributed by atoms with van der Waals surface area (Å²) in [5.41, 5.74) is 2.44. The summed E-state index contributed by atoms with van der Waals surface area (Å²) in [7, 11) is 1.81. The van der Waals surface area contributed by atoms with E-state index in [0.29, 0.717) is 0 Å². The van der Waals surface area contributed by atoms with Crippen LogP contribution in [0.4, 0.5) is 19.3 Å². The molecular weight excluding hydrogens is 278 g/mol. The molecule has 0 aliphatic heterocycles. The van der Waals surface area contributed by atoms with Gasteiger partial charge in [-0.1, -0.05) is 0 Å². The molecule has 7 heteroatoms. The number of rotatable bonds is 3. The minimum absolute atomic E-state index is 0.202. The second kappa shape index (κ2) is 5.90. The number of carbonyl (C=O) groups excluding carboxylic acids is 1. The zero-order valence-corrected chi connectivity index (χ0v) is 12.0. The zero-order valence-electron chi connectivity index (χ0n) is 12.0. The Morgan fingerprint density at radius 3 is 2.67 bits per heavy atom. The van der Waals surface area contributed by atoms with Gasteiger partial charge < -0.3 is 10.6 Å². The van der Waals surface area contributed by atoms with Crippen molar-refractivity contribution in [3.05, 3.63) is 46.8 Å². The number of urea groups is 1. The van der Waals surface area contributed by atoms with Crippen LogP contribution >= 0.6 is 0 Å². The molecule has 2 aromatic rings. The van der Waals surface area contributed by atoms with E-state index in [1.54, 1.807) is 4.68 Å². The number of benzene rings is 1. The summed E-state index contributed by atoms with van der Waals surface area (Å²) >= 11 is 0. The van der Waals surface area contributed by atoms with Gasteiger partial charge in [0, 0.05) is 30.9 Å². The average Bonchev–Trinajstić information content (AvgIpc) is 2.66. The van der Waals surface area contributed by atoms with E-state index in [0.717, 1.165) is 35.2 Å². The highest BCUT2D eigenvalue weighted by Gasteiger charge is 2.12. The molecule has 0 aliphatic carbocycles. The van der Waals surface area contributed by atoms with Crippen molar-refractivity contribution in [3.8, 4) is 0 Å². The van der Waals surface area contributed by atoms with Crippen molar-refractivity contribution in [3.63, 3.8) is 0 Å². The highest BCUT2D eigenvalue weighted by atomic mass is 19.1. The number of hydrogen-bond donors (Lipinski definition) is 2. The summed E-state index contributed by atoms with van der Waals surface area (Å²) in [6.45, 7) is 3.99. The van der Waals surface area contributed by atoms with E-state index in [1.807, 2.05) is 20.9 Å². The predicted molar refractivity (Wildman–Crippen MR) is 74.9 cm³/mol. The number of nitrogens with one attached hydrogen (secondary N) is 2. The van der Waals surface area contributed by atoms with Crippen LogP contribution in [0.2, 0.25) is 0 Å². The molecular formula is C14H16F2N4O. The predicted octanol–water partition coefficient (Wildman–Crippen LogP) is 2.64. The van der Waals surface area contributed by atoms with Crippen molar-refractivity contribution in [1.29, 1.82) is 0 Å². The first-order valence-electron chi connectivity index (χ1n) is 6.37. The van der Waals surface area contributed by atoms with Crippen LogP contribution in [0, 0.1) is 25.5 Å². The summed E-state index contributed by atoms with van der Waals surface area (Å²) in [6.07, 6.45) is 0.